The molecule has 0 spiro atoms. The van der Waals surface area contributed by atoms with Crippen LogP contribution in [-0.4, -0.2) is 41.9 Å². The Morgan fingerprint density at radius 3 is 2.63 bits per heavy atom. The lowest BCUT2D eigenvalue weighted by atomic mass is 9.82. The number of carbonyl (C=O) groups is 1. The third-order valence-corrected chi connectivity index (χ3v) is 5.89. The van der Waals surface area contributed by atoms with Gasteiger partial charge in [-0.25, -0.2) is 4.39 Å². The number of aryl methyl sites for hydroxylation is 1. The van der Waals surface area contributed by atoms with Gasteiger partial charge in [-0.3, -0.25) is 9.69 Å². The minimum Gasteiger partial charge on any atom is -0.341 e. The molecule has 1 amide bonds. The van der Waals surface area contributed by atoms with Crippen LogP contribution in [0.15, 0.2) is 48.5 Å². The zero-order valence-corrected chi connectivity index (χ0v) is 15.7. The molecule has 2 aliphatic rings. The molecule has 27 heavy (non-hydrogen) atoms. The SMILES string of the molecule is O=C(C1CCCc2ccccc21)N1CCCN(Cc2ccc(F)cc2)CC1. The number of nitrogens with zero attached hydrogens (tertiary/aromatic N) is 2. The van der Waals surface area contributed by atoms with Crippen molar-refractivity contribution < 1.29 is 9.18 Å². The van der Waals surface area contributed by atoms with Crippen LogP contribution in [0.2, 0.25) is 0 Å². The van der Waals surface area contributed by atoms with Gasteiger partial charge < -0.3 is 4.90 Å². The summed E-state index contributed by atoms with van der Waals surface area (Å²) in [5, 5.41) is 0. The number of rotatable bonds is 3. The lowest BCUT2D eigenvalue weighted by Gasteiger charge is -2.30. The summed E-state index contributed by atoms with van der Waals surface area (Å²) in [6, 6.07) is 15.2. The summed E-state index contributed by atoms with van der Waals surface area (Å²) in [6.07, 6.45) is 4.14. The van der Waals surface area contributed by atoms with Gasteiger partial charge in [-0.05, 0) is 54.5 Å². The highest BCUT2D eigenvalue weighted by atomic mass is 19.1. The van der Waals surface area contributed by atoms with Crippen molar-refractivity contribution in [3.8, 4) is 0 Å². The molecule has 1 fully saturated rings. The number of fused-ring (bicyclic) bond motifs is 1. The van der Waals surface area contributed by atoms with Crippen molar-refractivity contribution in [3.05, 3.63) is 71.0 Å². The summed E-state index contributed by atoms with van der Waals surface area (Å²) < 4.78 is 13.1. The van der Waals surface area contributed by atoms with Gasteiger partial charge >= 0.3 is 0 Å². The average molecular weight is 366 g/mol. The van der Waals surface area contributed by atoms with Crippen LogP contribution in [0.5, 0.6) is 0 Å². The normalized spacial score (nSPS) is 20.8. The number of hydrogen-bond donors (Lipinski definition) is 0. The van der Waals surface area contributed by atoms with E-state index >= 15 is 0 Å². The number of hydrogen-bond acceptors (Lipinski definition) is 2. The van der Waals surface area contributed by atoms with E-state index in [1.807, 2.05) is 12.1 Å². The molecule has 3 nitrogen and oxygen atoms in total. The third kappa shape index (κ3) is 4.22. The molecule has 4 heteroatoms. The van der Waals surface area contributed by atoms with Crippen molar-refractivity contribution in [2.45, 2.75) is 38.1 Å². The van der Waals surface area contributed by atoms with Crippen molar-refractivity contribution in [3.63, 3.8) is 0 Å². The summed E-state index contributed by atoms with van der Waals surface area (Å²) in [5.41, 5.74) is 3.70. The van der Waals surface area contributed by atoms with E-state index in [9.17, 15) is 9.18 Å². The quantitative estimate of drug-likeness (QED) is 0.820. The van der Waals surface area contributed by atoms with Crippen LogP contribution in [-0.2, 0) is 17.8 Å². The maximum atomic E-state index is 13.2. The van der Waals surface area contributed by atoms with E-state index in [1.165, 1.54) is 23.3 Å². The predicted molar refractivity (Wildman–Crippen MR) is 105 cm³/mol. The van der Waals surface area contributed by atoms with Gasteiger partial charge in [0.1, 0.15) is 5.82 Å². The van der Waals surface area contributed by atoms with Crippen LogP contribution in [0.1, 0.15) is 41.9 Å². The number of carbonyl (C=O) groups excluding carboxylic acids is 1. The Kier molecular flexibility index (Phi) is 5.53. The van der Waals surface area contributed by atoms with Crippen LogP contribution >= 0.6 is 0 Å². The summed E-state index contributed by atoms with van der Waals surface area (Å²) >= 11 is 0. The number of halogens is 1. The molecule has 1 unspecified atom stereocenters. The van der Waals surface area contributed by atoms with E-state index in [-0.39, 0.29) is 11.7 Å². The molecule has 1 atom stereocenters. The van der Waals surface area contributed by atoms with Crippen LogP contribution < -0.4 is 0 Å². The third-order valence-electron chi connectivity index (χ3n) is 5.89. The van der Waals surface area contributed by atoms with E-state index in [2.05, 4.69) is 34.1 Å². The van der Waals surface area contributed by atoms with Gasteiger partial charge in [0.2, 0.25) is 5.91 Å². The van der Waals surface area contributed by atoms with Gasteiger partial charge in [0.05, 0.1) is 5.92 Å². The minimum atomic E-state index is -0.195. The van der Waals surface area contributed by atoms with Gasteiger partial charge in [0.15, 0.2) is 0 Å². The molecule has 142 valence electrons. The molecule has 1 aliphatic carbocycles. The molecule has 0 bridgehead atoms. The molecule has 0 N–H and O–H groups in total. The Morgan fingerprint density at radius 1 is 0.963 bits per heavy atom. The summed E-state index contributed by atoms with van der Waals surface area (Å²) in [6.45, 7) is 4.27. The molecule has 0 aromatic heterocycles. The molecule has 4 rings (SSSR count). The van der Waals surface area contributed by atoms with Crippen LogP contribution in [0.25, 0.3) is 0 Å². The highest BCUT2D eigenvalue weighted by Gasteiger charge is 2.30. The van der Waals surface area contributed by atoms with E-state index in [0.29, 0.717) is 5.91 Å². The second-order valence-electron chi connectivity index (χ2n) is 7.73. The standard InChI is InChI=1S/C23H27FN2O/c24-20-11-9-18(10-12-20)17-25-13-4-14-26(16-15-25)23(27)22-8-3-6-19-5-1-2-7-21(19)22/h1-2,5,7,9-12,22H,3-4,6,8,13-17H2. The molecule has 1 heterocycles. The molecule has 0 radical (unpaired) electrons. The minimum absolute atomic E-state index is 0.0265. The number of benzene rings is 2. The Balaban J connectivity index is 1.39. The van der Waals surface area contributed by atoms with E-state index in [1.54, 1.807) is 0 Å². The molecular weight excluding hydrogens is 339 g/mol. The van der Waals surface area contributed by atoms with E-state index in [4.69, 9.17) is 0 Å². The molecule has 1 saturated heterocycles. The topological polar surface area (TPSA) is 23.6 Å². The maximum Gasteiger partial charge on any atom is 0.230 e. The lowest BCUT2D eigenvalue weighted by molar-refractivity contribution is -0.133. The van der Waals surface area contributed by atoms with Crippen molar-refractivity contribution in [1.29, 1.82) is 0 Å². The van der Waals surface area contributed by atoms with Gasteiger partial charge in [0.25, 0.3) is 0 Å². The van der Waals surface area contributed by atoms with Crippen molar-refractivity contribution in [2.75, 3.05) is 26.2 Å². The second kappa shape index (κ2) is 8.22. The van der Waals surface area contributed by atoms with Crippen LogP contribution in [0.3, 0.4) is 0 Å². The average Bonchev–Trinajstić information content (AvgIpc) is 2.94. The predicted octanol–water partition coefficient (Wildman–Crippen LogP) is 3.98. The van der Waals surface area contributed by atoms with Gasteiger partial charge in [-0.15, -0.1) is 0 Å². The molecular formula is C23H27FN2O. The van der Waals surface area contributed by atoms with E-state index < -0.39 is 0 Å². The van der Waals surface area contributed by atoms with Crippen molar-refractivity contribution in [2.24, 2.45) is 0 Å². The van der Waals surface area contributed by atoms with Crippen molar-refractivity contribution >= 4 is 5.91 Å². The smallest absolute Gasteiger partial charge is 0.230 e. The summed E-state index contributed by atoms with van der Waals surface area (Å²) in [7, 11) is 0. The maximum absolute atomic E-state index is 13.2. The Labute approximate surface area is 160 Å². The van der Waals surface area contributed by atoms with Gasteiger partial charge in [-0.2, -0.15) is 0 Å². The Bertz CT molecular complexity index is 789. The van der Waals surface area contributed by atoms with Gasteiger partial charge in [-0.1, -0.05) is 36.4 Å². The van der Waals surface area contributed by atoms with E-state index in [0.717, 1.165) is 64.0 Å². The molecule has 1 aliphatic heterocycles. The van der Waals surface area contributed by atoms with Crippen LogP contribution in [0.4, 0.5) is 4.39 Å². The largest absolute Gasteiger partial charge is 0.341 e. The highest BCUT2D eigenvalue weighted by molar-refractivity contribution is 5.84. The zero-order valence-electron chi connectivity index (χ0n) is 15.7. The monoisotopic (exact) mass is 366 g/mol. The molecule has 2 aromatic carbocycles. The fourth-order valence-electron chi connectivity index (χ4n) is 4.43. The summed E-state index contributed by atoms with van der Waals surface area (Å²) in [4.78, 5) is 17.7. The first kappa shape index (κ1) is 18.2. The number of amides is 1. The highest BCUT2D eigenvalue weighted by Crippen LogP contribution is 2.33. The first-order chi connectivity index (χ1) is 13.2. The molecule has 0 saturated carbocycles. The lowest BCUT2D eigenvalue weighted by Crippen LogP contribution is -2.39. The first-order valence-corrected chi connectivity index (χ1v) is 10.0. The van der Waals surface area contributed by atoms with Crippen molar-refractivity contribution in [1.82, 2.24) is 9.80 Å². The molecule has 2 aromatic rings. The first-order valence-electron chi connectivity index (χ1n) is 10.0. The fraction of sp³-hybridized carbons (Fsp3) is 0.435. The Morgan fingerprint density at radius 2 is 1.78 bits per heavy atom. The van der Waals surface area contributed by atoms with Crippen LogP contribution in [0, 0.1) is 5.82 Å². The summed E-state index contributed by atoms with van der Waals surface area (Å²) in [5.74, 6) is 0.128. The zero-order chi connectivity index (χ0) is 18.6. The van der Waals surface area contributed by atoms with Gasteiger partial charge in [0, 0.05) is 32.7 Å². The second-order valence-corrected chi connectivity index (χ2v) is 7.73. The fourth-order valence-corrected chi connectivity index (χ4v) is 4.43. The Hall–Kier alpha value is -2.20.